The fraction of sp³-hybridized carbons (Fsp3) is 1.00. The maximum absolute atomic E-state index is 8.56. The molecule has 0 radical (unpaired) electrons. The normalized spacial score (nSPS) is 36.0. The van der Waals surface area contributed by atoms with Gasteiger partial charge in [-0.25, -0.2) is 0 Å². The molecule has 1 aliphatic heterocycles. The molecule has 2 N–H and O–H groups in total. The zero-order valence-electron chi connectivity index (χ0n) is 5.39. The molecule has 0 amide bonds. The second-order valence-corrected chi connectivity index (χ2v) is 2.73. The van der Waals surface area contributed by atoms with Gasteiger partial charge in [-0.2, -0.15) is 0 Å². The Hall–Kier alpha value is -0.0800. The Labute approximate surface area is 49.9 Å². The number of hydrogen-bond donors (Lipinski definition) is 2. The summed E-state index contributed by atoms with van der Waals surface area (Å²) in [6.45, 7) is 4.61. The molecule has 0 aromatic heterocycles. The third-order valence-corrected chi connectivity index (χ3v) is 1.65. The molecule has 1 rings (SSSR count). The van der Waals surface area contributed by atoms with E-state index in [0.717, 1.165) is 0 Å². The Morgan fingerprint density at radius 1 is 1.62 bits per heavy atom. The Morgan fingerprint density at radius 2 is 2.25 bits per heavy atom. The summed E-state index contributed by atoms with van der Waals surface area (Å²) in [5.41, 5.74) is 0. The highest BCUT2D eigenvalue weighted by Gasteiger charge is 2.37. The van der Waals surface area contributed by atoms with Crippen LogP contribution in [-0.4, -0.2) is 23.8 Å². The highest BCUT2D eigenvalue weighted by Crippen LogP contribution is 2.18. The molecule has 2 unspecified atom stereocenters. The molecule has 0 bridgehead atoms. The minimum Gasteiger partial charge on any atom is -0.395 e. The molecule has 1 saturated heterocycles. The van der Waals surface area contributed by atoms with Crippen LogP contribution in [0.25, 0.3) is 0 Å². The van der Waals surface area contributed by atoms with Gasteiger partial charge < -0.3 is 10.4 Å². The lowest BCUT2D eigenvalue weighted by Crippen LogP contribution is -2.04. The van der Waals surface area contributed by atoms with Gasteiger partial charge in [0.25, 0.3) is 0 Å². The van der Waals surface area contributed by atoms with Crippen molar-refractivity contribution in [3.8, 4) is 0 Å². The minimum atomic E-state index is 0.294. The summed E-state index contributed by atoms with van der Waals surface area (Å²) < 4.78 is 0. The van der Waals surface area contributed by atoms with Crippen molar-refractivity contribution in [2.45, 2.75) is 25.9 Å². The highest BCUT2D eigenvalue weighted by molar-refractivity contribution is 4.98. The summed E-state index contributed by atoms with van der Waals surface area (Å²) in [6.07, 6.45) is 0. The first-order valence-electron chi connectivity index (χ1n) is 3.12. The average Bonchev–Trinajstić information content (AvgIpc) is 2.42. The molecule has 0 aromatic rings. The van der Waals surface area contributed by atoms with E-state index in [-0.39, 0.29) is 0 Å². The first kappa shape index (κ1) is 6.05. The van der Waals surface area contributed by atoms with E-state index >= 15 is 0 Å². The van der Waals surface area contributed by atoms with Crippen molar-refractivity contribution < 1.29 is 5.11 Å². The van der Waals surface area contributed by atoms with Gasteiger partial charge in [0, 0.05) is 12.1 Å². The first-order valence-corrected chi connectivity index (χ1v) is 3.12. The summed E-state index contributed by atoms with van der Waals surface area (Å²) >= 11 is 0. The molecule has 1 fully saturated rings. The quantitative estimate of drug-likeness (QED) is 0.496. The zero-order chi connectivity index (χ0) is 6.15. The van der Waals surface area contributed by atoms with Gasteiger partial charge in [0.05, 0.1) is 6.61 Å². The van der Waals surface area contributed by atoms with E-state index in [9.17, 15) is 0 Å². The van der Waals surface area contributed by atoms with Gasteiger partial charge in [-0.3, -0.25) is 0 Å². The molecule has 0 aliphatic carbocycles. The number of aliphatic hydroxyl groups is 1. The molecule has 8 heavy (non-hydrogen) atoms. The maximum Gasteiger partial charge on any atom is 0.0600 e. The lowest BCUT2D eigenvalue weighted by Gasteiger charge is -1.96. The minimum absolute atomic E-state index is 0.294. The third-order valence-electron chi connectivity index (χ3n) is 1.65. The van der Waals surface area contributed by atoms with Gasteiger partial charge in [0.15, 0.2) is 0 Å². The molecule has 2 atom stereocenters. The predicted octanol–water partition coefficient (Wildman–Crippen LogP) is -0.0249. The maximum atomic E-state index is 8.56. The van der Waals surface area contributed by atoms with Crippen molar-refractivity contribution in [2.75, 3.05) is 6.61 Å². The summed E-state index contributed by atoms with van der Waals surface area (Å²) in [7, 11) is 0. The van der Waals surface area contributed by atoms with Crippen LogP contribution in [0.5, 0.6) is 0 Å². The van der Waals surface area contributed by atoms with Crippen molar-refractivity contribution in [1.82, 2.24) is 5.32 Å². The molecular formula is C6H13NO. The van der Waals surface area contributed by atoms with Gasteiger partial charge in [0.1, 0.15) is 0 Å². The number of aliphatic hydroxyl groups excluding tert-OH is 1. The molecule has 2 heteroatoms. The van der Waals surface area contributed by atoms with Crippen LogP contribution in [0.15, 0.2) is 0 Å². The van der Waals surface area contributed by atoms with E-state index < -0.39 is 0 Å². The second kappa shape index (κ2) is 2.03. The number of rotatable bonds is 2. The molecule has 0 saturated carbocycles. The van der Waals surface area contributed by atoms with E-state index in [4.69, 9.17) is 5.11 Å². The lowest BCUT2D eigenvalue weighted by molar-refractivity contribution is 0.291. The summed E-state index contributed by atoms with van der Waals surface area (Å²) in [5, 5.41) is 11.7. The largest absolute Gasteiger partial charge is 0.395 e. The summed E-state index contributed by atoms with van der Waals surface area (Å²) in [6, 6.07) is 0.981. The number of nitrogens with one attached hydrogen (secondary N) is 1. The molecule has 0 aromatic carbocycles. The Balaban J connectivity index is 2.16. The van der Waals surface area contributed by atoms with Gasteiger partial charge >= 0.3 is 0 Å². The highest BCUT2D eigenvalue weighted by atomic mass is 16.3. The van der Waals surface area contributed by atoms with Gasteiger partial charge in [-0.05, 0) is 5.92 Å². The van der Waals surface area contributed by atoms with Crippen LogP contribution in [-0.2, 0) is 0 Å². The average molecular weight is 115 g/mol. The molecule has 1 heterocycles. The lowest BCUT2D eigenvalue weighted by atomic mass is 10.1. The molecule has 2 nitrogen and oxygen atoms in total. The van der Waals surface area contributed by atoms with E-state index in [0.29, 0.717) is 24.6 Å². The fourth-order valence-corrected chi connectivity index (χ4v) is 1.01. The summed E-state index contributed by atoms with van der Waals surface area (Å²) in [5.74, 6) is 0.673. The van der Waals surface area contributed by atoms with Crippen LogP contribution in [0.4, 0.5) is 0 Å². The monoisotopic (exact) mass is 115 g/mol. The standard InChI is InChI=1S/C6H13NO/c1-4(2)6-5(3-8)7-6/h4-8H,3H2,1-2H3. The van der Waals surface area contributed by atoms with E-state index in [1.54, 1.807) is 0 Å². The molecule has 1 aliphatic rings. The Kier molecular flexibility index (Phi) is 1.54. The van der Waals surface area contributed by atoms with Crippen molar-refractivity contribution in [1.29, 1.82) is 0 Å². The predicted molar refractivity (Wildman–Crippen MR) is 32.6 cm³/mol. The van der Waals surface area contributed by atoms with Crippen LogP contribution in [0.1, 0.15) is 13.8 Å². The molecule has 48 valence electrons. The van der Waals surface area contributed by atoms with Crippen LogP contribution in [0, 0.1) is 5.92 Å². The zero-order valence-corrected chi connectivity index (χ0v) is 5.39. The number of hydrogen-bond acceptors (Lipinski definition) is 2. The van der Waals surface area contributed by atoms with Gasteiger partial charge in [-0.1, -0.05) is 13.8 Å². The van der Waals surface area contributed by atoms with Crippen LogP contribution >= 0.6 is 0 Å². The van der Waals surface area contributed by atoms with Crippen molar-refractivity contribution in [3.63, 3.8) is 0 Å². The van der Waals surface area contributed by atoms with Gasteiger partial charge in [-0.15, -0.1) is 0 Å². The van der Waals surface area contributed by atoms with Crippen LogP contribution in [0.2, 0.25) is 0 Å². The van der Waals surface area contributed by atoms with Crippen molar-refractivity contribution in [2.24, 2.45) is 5.92 Å². The van der Waals surface area contributed by atoms with Crippen LogP contribution in [0.3, 0.4) is 0 Å². The Bertz CT molecular complexity index is 82.6. The van der Waals surface area contributed by atoms with Crippen molar-refractivity contribution in [3.05, 3.63) is 0 Å². The Morgan fingerprint density at radius 3 is 2.38 bits per heavy atom. The van der Waals surface area contributed by atoms with Crippen molar-refractivity contribution >= 4 is 0 Å². The van der Waals surface area contributed by atoms with E-state index in [1.165, 1.54) is 0 Å². The fourth-order valence-electron chi connectivity index (χ4n) is 1.01. The SMILES string of the molecule is CC(C)C1NC1CO. The van der Waals surface area contributed by atoms with E-state index in [2.05, 4.69) is 19.2 Å². The van der Waals surface area contributed by atoms with Crippen LogP contribution < -0.4 is 5.32 Å². The smallest absolute Gasteiger partial charge is 0.0600 e. The topological polar surface area (TPSA) is 42.2 Å². The third kappa shape index (κ3) is 1.01. The molecular weight excluding hydrogens is 102 g/mol. The van der Waals surface area contributed by atoms with E-state index in [1.807, 2.05) is 0 Å². The molecule has 0 spiro atoms. The van der Waals surface area contributed by atoms with Gasteiger partial charge in [0.2, 0.25) is 0 Å². The first-order chi connectivity index (χ1) is 3.75. The summed E-state index contributed by atoms with van der Waals surface area (Å²) in [4.78, 5) is 0. The second-order valence-electron chi connectivity index (χ2n) is 2.73.